The second-order valence-corrected chi connectivity index (χ2v) is 12.1. The van der Waals surface area contributed by atoms with Crippen LogP contribution in [0.3, 0.4) is 0 Å². The number of amides is 2. The minimum absolute atomic E-state index is 0.0171. The molecule has 8 heteroatoms. The molecule has 0 bridgehead atoms. The third-order valence-electron chi connectivity index (χ3n) is 8.27. The van der Waals surface area contributed by atoms with Gasteiger partial charge in [0.15, 0.2) is 0 Å². The Morgan fingerprint density at radius 3 is 2.38 bits per heavy atom. The van der Waals surface area contributed by atoms with E-state index in [1.165, 1.54) is 12.1 Å². The number of fused-ring (bicyclic) bond motifs is 1. The van der Waals surface area contributed by atoms with Crippen molar-refractivity contribution in [1.29, 1.82) is 0 Å². The van der Waals surface area contributed by atoms with Gasteiger partial charge in [0.05, 0.1) is 5.56 Å². The van der Waals surface area contributed by atoms with E-state index in [1.54, 1.807) is 23.5 Å². The molecule has 1 saturated carbocycles. The van der Waals surface area contributed by atoms with Gasteiger partial charge >= 0.3 is 5.97 Å². The number of anilines is 1. The summed E-state index contributed by atoms with van der Waals surface area (Å²) in [6.07, 6.45) is 4.04. The molecular formula is C31H35N3O4S. The number of nitrogens with one attached hydrogen (secondary N) is 1. The van der Waals surface area contributed by atoms with Crippen LogP contribution in [0.5, 0.6) is 0 Å². The first-order valence-electron chi connectivity index (χ1n) is 13.5. The van der Waals surface area contributed by atoms with Crippen LogP contribution < -0.4 is 11.1 Å². The first-order chi connectivity index (χ1) is 18.7. The molecule has 39 heavy (non-hydrogen) atoms. The minimum Gasteiger partial charge on any atom is -0.478 e. The number of hydrogen-bond donors (Lipinski definition) is 3. The number of rotatable bonds is 6. The number of carboxylic acids is 1. The summed E-state index contributed by atoms with van der Waals surface area (Å²) in [6, 6.07) is 13.4. The number of thiophene rings is 1. The van der Waals surface area contributed by atoms with Gasteiger partial charge in [-0.05, 0) is 122 Å². The lowest BCUT2D eigenvalue weighted by atomic mass is 9.75. The zero-order chi connectivity index (χ0) is 27.7. The van der Waals surface area contributed by atoms with Gasteiger partial charge in [-0.25, -0.2) is 4.79 Å². The van der Waals surface area contributed by atoms with E-state index in [0.717, 1.165) is 47.9 Å². The fourth-order valence-corrected chi connectivity index (χ4v) is 6.84. The van der Waals surface area contributed by atoms with Crippen LogP contribution in [0.25, 0.3) is 11.1 Å². The molecule has 0 radical (unpaired) electrons. The van der Waals surface area contributed by atoms with Crippen molar-refractivity contribution < 1.29 is 19.5 Å². The van der Waals surface area contributed by atoms with Crippen molar-refractivity contribution in [1.82, 2.24) is 4.90 Å². The molecule has 0 saturated heterocycles. The van der Waals surface area contributed by atoms with Gasteiger partial charge in [0.1, 0.15) is 6.04 Å². The fourth-order valence-electron chi connectivity index (χ4n) is 6.19. The summed E-state index contributed by atoms with van der Waals surface area (Å²) in [5, 5.41) is 16.4. The predicted octanol–water partition coefficient (Wildman–Crippen LogP) is 5.72. The van der Waals surface area contributed by atoms with Crippen LogP contribution in [-0.2, 0) is 16.0 Å². The van der Waals surface area contributed by atoms with Crippen molar-refractivity contribution in [3.63, 3.8) is 0 Å². The molecule has 5 rings (SSSR count). The van der Waals surface area contributed by atoms with Gasteiger partial charge in [0.2, 0.25) is 5.91 Å². The Morgan fingerprint density at radius 2 is 1.77 bits per heavy atom. The lowest BCUT2D eigenvalue weighted by Crippen LogP contribution is -2.58. The van der Waals surface area contributed by atoms with E-state index in [1.807, 2.05) is 36.3 Å². The van der Waals surface area contributed by atoms with Crippen LogP contribution in [0.4, 0.5) is 5.69 Å². The molecular weight excluding hydrogens is 510 g/mol. The first kappa shape index (κ1) is 27.1. The lowest BCUT2D eigenvalue weighted by Gasteiger charge is -2.50. The quantitative estimate of drug-likeness (QED) is 0.367. The summed E-state index contributed by atoms with van der Waals surface area (Å²) in [5.41, 5.74) is 10.0. The van der Waals surface area contributed by atoms with Crippen molar-refractivity contribution in [3.05, 3.63) is 76.0 Å². The van der Waals surface area contributed by atoms with Gasteiger partial charge in [0.25, 0.3) is 5.91 Å². The highest BCUT2D eigenvalue weighted by molar-refractivity contribution is 7.08. The van der Waals surface area contributed by atoms with Crippen LogP contribution in [0, 0.1) is 11.8 Å². The Bertz CT molecular complexity index is 1360. The standard InChI is InChI=1S/C31H35N3O4S/c1-31(2)16-26-24(22-14-15-39-18-22)4-3-5-25(26)27(28(35)33-23-12-10-21(11-13-23)30(37)38)34(31)29(36)20-8-6-19(17-32)7-9-20/h3-5,10-15,18-20,27H,6-9,16-17,32H2,1-2H3,(H,33,35)(H,37,38). The average Bonchev–Trinajstić information content (AvgIpc) is 3.46. The zero-order valence-corrected chi connectivity index (χ0v) is 23.2. The van der Waals surface area contributed by atoms with E-state index in [2.05, 4.69) is 22.8 Å². The maximum atomic E-state index is 14.2. The van der Waals surface area contributed by atoms with Crippen LogP contribution >= 0.6 is 11.3 Å². The number of carboxylic acid groups (broad SMARTS) is 1. The Morgan fingerprint density at radius 1 is 1.05 bits per heavy atom. The summed E-state index contributed by atoms with van der Waals surface area (Å²) in [5.74, 6) is -1.01. The maximum Gasteiger partial charge on any atom is 0.335 e. The molecule has 204 valence electrons. The third-order valence-corrected chi connectivity index (χ3v) is 8.96. The summed E-state index contributed by atoms with van der Waals surface area (Å²) < 4.78 is 0. The monoisotopic (exact) mass is 545 g/mol. The average molecular weight is 546 g/mol. The normalized spacial score (nSPS) is 22.1. The molecule has 0 spiro atoms. The molecule has 1 unspecified atom stereocenters. The summed E-state index contributed by atoms with van der Waals surface area (Å²) >= 11 is 1.63. The molecule has 4 N–H and O–H groups in total. The Labute approximate surface area is 233 Å². The van der Waals surface area contributed by atoms with Crippen LogP contribution in [0.1, 0.15) is 67.1 Å². The number of nitrogens with zero attached hydrogens (tertiary/aromatic N) is 1. The molecule has 1 fully saturated rings. The van der Waals surface area contributed by atoms with E-state index in [0.29, 0.717) is 24.6 Å². The van der Waals surface area contributed by atoms with Crippen LogP contribution in [0.15, 0.2) is 59.3 Å². The van der Waals surface area contributed by atoms with Gasteiger partial charge in [-0.3, -0.25) is 9.59 Å². The largest absolute Gasteiger partial charge is 0.478 e. The number of nitrogens with two attached hydrogens (primary N) is 1. The first-order valence-corrected chi connectivity index (χ1v) is 14.5. The lowest BCUT2D eigenvalue weighted by molar-refractivity contribution is -0.151. The molecule has 2 heterocycles. The van der Waals surface area contributed by atoms with E-state index in [-0.39, 0.29) is 23.3 Å². The molecule has 2 aliphatic rings. The van der Waals surface area contributed by atoms with Gasteiger partial charge in [-0.1, -0.05) is 18.2 Å². The minimum atomic E-state index is -1.03. The van der Waals surface area contributed by atoms with E-state index in [4.69, 9.17) is 5.73 Å². The molecule has 2 amide bonds. The van der Waals surface area contributed by atoms with Crippen LogP contribution in [0.2, 0.25) is 0 Å². The summed E-state index contributed by atoms with van der Waals surface area (Å²) in [4.78, 5) is 41.4. The Kier molecular flexibility index (Phi) is 7.60. The molecule has 1 aliphatic heterocycles. The van der Waals surface area contributed by atoms with E-state index >= 15 is 0 Å². The number of carbonyl (C=O) groups is 3. The molecule has 3 aromatic rings. The topological polar surface area (TPSA) is 113 Å². The van der Waals surface area contributed by atoms with Crippen molar-refractivity contribution in [2.24, 2.45) is 17.6 Å². The molecule has 7 nitrogen and oxygen atoms in total. The fraction of sp³-hybridized carbons (Fsp3) is 0.387. The van der Waals surface area contributed by atoms with E-state index in [9.17, 15) is 19.5 Å². The second kappa shape index (κ2) is 10.9. The van der Waals surface area contributed by atoms with Crippen molar-refractivity contribution in [2.45, 2.75) is 57.5 Å². The molecule has 1 aliphatic carbocycles. The predicted molar refractivity (Wildman–Crippen MR) is 154 cm³/mol. The third kappa shape index (κ3) is 5.36. The highest BCUT2D eigenvalue weighted by Gasteiger charge is 2.48. The molecule has 2 aromatic carbocycles. The zero-order valence-electron chi connectivity index (χ0n) is 22.4. The van der Waals surface area contributed by atoms with Crippen molar-refractivity contribution >= 4 is 34.8 Å². The van der Waals surface area contributed by atoms with Gasteiger partial charge in [-0.15, -0.1) is 0 Å². The Balaban J connectivity index is 1.55. The molecule has 1 aromatic heterocycles. The van der Waals surface area contributed by atoms with Gasteiger partial charge < -0.3 is 21.1 Å². The van der Waals surface area contributed by atoms with Crippen LogP contribution in [-0.4, -0.2) is 39.9 Å². The maximum absolute atomic E-state index is 14.2. The van der Waals surface area contributed by atoms with Crippen molar-refractivity contribution in [3.8, 4) is 11.1 Å². The van der Waals surface area contributed by atoms with Crippen molar-refractivity contribution in [2.75, 3.05) is 11.9 Å². The molecule has 1 atom stereocenters. The number of aromatic carboxylic acids is 1. The summed E-state index contributed by atoms with van der Waals surface area (Å²) in [7, 11) is 0. The number of carbonyl (C=O) groups excluding carboxylic acids is 2. The highest BCUT2D eigenvalue weighted by atomic mass is 32.1. The smallest absolute Gasteiger partial charge is 0.335 e. The van der Waals surface area contributed by atoms with E-state index < -0.39 is 17.6 Å². The van der Waals surface area contributed by atoms with Gasteiger partial charge in [0, 0.05) is 17.1 Å². The Hall–Kier alpha value is -3.49. The number of benzene rings is 2. The second-order valence-electron chi connectivity index (χ2n) is 11.3. The SMILES string of the molecule is CC1(C)Cc2c(-c3ccsc3)cccc2C(C(=O)Nc2ccc(C(=O)O)cc2)N1C(=O)C1CCC(CN)CC1. The highest BCUT2D eigenvalue weighted by Crippen LogP contribution is 2.45. The van der Waals surface area contributed by atoms with Gasteiger partial charge in [-0.2, -0.15) is 11.3 Å². The number of hydrogen-bond acceptors (Lipinski definition) is 5. The summed E-state index contributed by atoms with van der Waals surface area (Å²) in [6.45, 7) is 4.73.